The Balaban J connectivity index is 1.63. The number of carbonyl (C=O) groups excluding carboxylic acids is 1. The molecule has 1 fully saturated rings. The van der Waals surface area contributed by atoms with Gasteiger partial charge in [0.1, 0.15) is 0 Å². The van der Waals surface area contributed by atoms with E-state index in [1.54, 1.807) is 0 Å². The molecule has 3 rings (SSSR count). The van der Waals surface area contributed by atoms with Gasteiger partial charge in [-0.25, -0.2) is 0 Å². The van der Waals surface area contributed by atoms with Crippen LogP contribution in [0.5, 0.6) is 0 Å². The first-order chi connectivity index (χ1) is 10.2. The lowest BCUT2D eigenvalue weighted by Gasteiger charge is -2.10. The molecule has 21 heavy (non-hydrogen) atoms. The summed E-state index contributed by atoms with van der Waals surface area (Å²) in [4.78, 5) is 11.9. The molecule has 6 heteroatoms. The first-order valence-electron chi connectivity index (χ1n) is 7.10. The predicted octanol–water partition coefficient (Wildman–Crippen LogP) is 1.98. The highest BCUT2D eigenvalue weighted by Gasteiger charge is 2.20. The molecule has 1 aliphatic carbocycles. The Hall–Kier alpha value is -2.21. The van der Waals surface area contributed by atoms with E-state index in [4.69, 9.17) is 4.42 Å². The van der Waals surface area contributed by atoms with Crippen molar-refractivity contribution in [1.82, 2.24) is 15.5 Å². The zero-order valence-electron chi connectivity index (χ0n) is 11.9. The van der Waals surface area contributed by atoms with Gasteiger partial charge in [-0.1, -0.05) is 6.07 Å². The fourth-order valence-corrected chi connectivity index (χ4v) is 2.09. The van der Waals surface area contributed by atoms with Gasteiger partial charge in [0.2, 0.25) is 18.2 Å². The van der Waals surface area contributed by atoms with Crippen molar-refractivity contribution in [3.8, 4) is 11.5 Å². The van der Waals surface area contributed by atoms with E-state index in [2.05, 4.69) is 20.8 Å². The van der Waals surface area contributed by atoms with Gasteiger partial charge in [0.05, 0.1) is 6.54 Å². The van der Waals surface area contributed by atoms with Crippen LogP contribution >= 0.6 is 0 Å². The number of amides is 1. The van der Waals surface area contributed by atoms with Gasteiger partial charge in [-0.2, -0.15) is 0 Å². The standard InChI is InChI=1S/C15H18N4O2/c1-10-2-5-12(15-19-17-9-21-15)6-13(10)18-14(20)8-16-7-11-3-4-11/h2,5-6,9,11,16H,3-4,7-8H2,1H3,(H,18,20). The van der Waals surface area contributed by atoms with Gasteiger partial charge in [-0.3, -0.25) is 4.79 Å². The molecule has 0 bridgehead atoms. The summed E-state index contributed by atoms with van der Waals surface area (Å²) in [6, 6.07) is 5.66. The monoisotopic (exact) mass is 286 g/mol. The van der Waals surface area contributed by atoms with E-state index in [0.717, 1.165) is 29.3 Å². The molecule has 1 saturated carbocycles. The number of rotatable bonds is 6. The Morgan fingerprint density at radius 1 is 1.43 bits per heavy atom. The van der Waals surface area contributed by atoms with Crippen molar-refractivity contribution in [3.63, 3.8) is 0 Å². The Labute approximate surface area is 123 Å². The molecule has 1 aromatic heterocycles. The number of hydrogen-bond donors (Lipinski definition) is 2. The van der Waals surface area contributed by atoms with Gasteiger partial charge >= 0.3 is 0 Å². The lowest BCUT2D eigenvalue weighted by Crippen LogP contribution is -2.29. The minimum atomic E-state index is -0.0403. The number of anilines is 1. The number of hydrogen-bond acceptors (Lipinski definition) is 5. The van der Waals surface area contributed by atoms with Gasteiger partial charge in [0.25, 0.3) is 0 Å². The topological polar surface area (TPSA) is 80.1 Å². The van der Waals surface area contributed by atoms with Crippen LogP contribution in [0.4, 0.5) is 5.69 Å². The number of aryl methyl sites for hydroxylation is 1. The quantitative estimate of drug-likeness (QED) is 0.848. The highest BCUT2D eigenvalue weighted by molar-refractivity contribution is 5.93. The molecule has 1 aliphatic rings. The molecular formula is C15H18N4O2. The number of carbonyl (C=O) groups is 1. The summed E-state index contributed by atoms with van der Waals surface area (Å²) < 4.78 is 5.17. The average molecular weight is 286 g/mol. The van der Waals surface area contributed by atoms with Crippen LogP contribution in [-0.2, 0) is 4.79 Å². The molecule has 1 amide bonds. The lowest BCUT2D eigenvalue weighted by atomic mass is 10.1. The average Bonchev–Trinajstić information content (AvgIpc) is 3.13. The second-order valence-electron chi connectivity index (χ2n) is 5.40. The highest BCUT2D eigenvalue weighted by atomic mass is 16.4. The summed E-state index contributed by atoms with van der Waals surface area (Å²) in [5, 5.41) is 13.6. The summed E-state index contributed by atoms with van der Waals surface area (Å²) in [6.45, 7) is 3.21. The molecule has 6 nitrogen and oxygen atoms in total. The largest absolute Gasteiger partial charge is 0.423 e. The van der Waals surface area contributed by atoms with Gasteiger partial charge in [-0.05, 0) is 49.9 Å². The molecule has 0 spiro atoms. The van der Waals surface area contributed by atoms with Crippen molar-refractivity contribution in [2.24, 2.45) is 5.92 Å². The minimum Gasteiger partial charge on any atom is -0.423 e. The SMILES string of the molecule is Cc1ccc(-c2nnco2)cc1NC(=O)CNCC1CC1. The molecular weight excluding hydrogens is 268 g/mol. The summed E-state index contributed by atoms with van der Waals surface area (Å²) in [6.07, 6.45) is 3.84. The lowest BCUT2D eigenvalue weighted by molar-refractivity contribution is -0.115. The van der Waals surface area contributed by atoms with Crippen molar-refractivity contribution in [2.45, 2.75) is 19.8 Å². The van der Waals surface area contributed by atoms with E-state index in [0.29, 0.717) is 12.4 Å². The van der Waals surface area contributed by atoms with Crippen LogP contribution in [0.2, 0.25) is 0 Å². The van der Waals surface area contributed by atoms with Gasteiger partial charge in [-0.15, -0.1) is 10.2 Å². The van der Waals surface area contributed by atoms with Crippen LogP contribution in [-0.4, -0.2) is 29.2 Å². The second kappa shape index (κ2) is 6.05. The van der Waals surface area contributed by atoms with Crippen LogP contribution in [0.3, 0.4) is 0 Å². The third-order valence-electron chi connectivity index (χ3n) is 3.53. The molecule has 1 aromatic carbocycles. The van der Waals surface area contributed by atoms with Crippen LogP contribution in [0.1, 0.15) is 18.4 Å². The molecule has 0 unspecified atom stereocenters. The number of nitrogens with one attached hydrogen (secondary N) is 2. The highest BCUT2D eigenvalue weighted by Crippen LogP contribution is 2.27. The molecule has 0 atom stereocenters. The van der Waals surface area contributed by atoms with E-state index in [9.17, 15) is 4.79 Å². The maximum atomic E-state index is 11.9. The molecule has 110 valence electrons. The zero-order valence-corrected chi connectivity index (χ0v) is 11.9. The van der Waals surface area contributed by atoms with Crippen molar-refractivity contribution in [3.05, 3.63) is 30.2 Å². The number of benzene rings is 1. The fourth-order valence-electron chi connectivity index (χ4n) is 2.09. The van der Waals surface area contributed by atoms with Crippen molar-refractivity contribution < 1.29 is 9.21 Å². The van der Waals surface area contributed by atoms with E-state index in [1.165, 1.54) is 19.2 Å². The van der Waals surface area contributed by atoms with Crippen LogP contribution in [0, 0.1) is 12.8 Å². The molecule has 2 N–H and O–H groups in total. The minimum absolute atomic E-state index is 0.0403. The van der Waals surface area contributed by atoms with E-state index in [1.807, 2.05) is 25.1 Å². The summed E-state index contributed by atoms with van der Waals surface area (Å²) >= 11 is 0. The molecule has 0 saturated heterocycles. The predicted molar refractivity (Wildman–Crippen MR) is 78.7 cm³/mol. The number of nitrogens with zero attached hydrogens (tertiary/aromatic N) is 2. The van der Waals surface area contributed by atoms with Crippen LogP contribution in [0.25, 0.3) is 11.5 Å². The second-order valence-corrected chi connectivity index (χ2v) is 5.40. The molecule has 0 radical (unpaired) electrons. The normalized spacial score (nSPS) is 14.1. The van der Waals surface area contributed by atoms with Gasteiger partial charge in [0.15, 0.2) is 0 Å². The fraction of sp³-hybridized carbons (Fsp3) is 0.400. The summed E-state index contributed by atoms with van der Waals surface area (Å²) in [5.41, 5.74) is 2.55. The van der Waals surface area contributed by atoms with Gasteiger partial charge < -0.3 is 15.1 Å². The zero-order chi connectivity index (χ0) is 14.7. The molecule has 2 aromatic rings. The van der Waals surface area contributed by atoms with E-state index >= 15 is 0 Å². The molecule has 0 aliphatic heterocycles. The maximum Gasteiger partial charge on any atom is 0.247 e. The van der Waals surface area contributed by atoms with E-state index in [-0.39, 0.29) is 5.91 Å². The van der Waals surface area contributed by atoms with Gasteiger partial charge in [0, 0.05) is 11.3 Å². The van der Waals surface area contributed by atoms with Crippen LogP contribution in [0.15, 0.2) is 29.0 Å². The number of aromatic nitrogens is 2. The van der Waals surface area contributed by atoms with Crippen molar-refractivity contribution >= 4 is 11.6 Å². The Bertz CT molecular complexity index is 621. The maximum absolute atomic E-state index is 11.9. The van der Waals surface area contributed by atoms with Crippen LogP contribution < -0.4 is 10.6 Å². The molecule has 1 heterocycles. The summed E-state index contributed by atoms with van der Waals surface area (Å²) in [7, 11) is 0. The Morgan fingerprint density at radius 2 is 2.29 bits per heavy atom. The Morgan fingerprint density at radius 3 is 3.00 bits per heavy atom. The first kappa shape index (κ1) is 13.8. The van der Waals surface area contributed by atoms with E-state index < -0.39 is 0 Å². The van der Waals surface area contributed by atoms with Crippen molar-refractivity contribution in [2.75, 3.05) is 18.4 Å². The smallest absolute Gasteiger partial charge is 0.247 e. The summed E-state index contributed by atoms with van der Waals surface area (Å²) in [5.74, 6) is 1.17. The third-order valence-corrected chi connectivity index (χ3v) is 3.53. The first-order valence-corrected chi connectivity index (χ1v) is 7.10. The van der Waals surface area contributed by atoms with Crippen molar-refractivity contribution in [1.29, 1.82) is 0 Å². The third kappa shape index (κ3) is 3.66. The Kier molecular flexibility index (Phi) is 3.96.